The number of rotatable bonds is 13. The smallest absolute Gasteiger partial charge is 0.174 e. The first-order valence-corrected chi connectivity index (χ1v) is 11.3. The van der Waals surface area contributed by atoms with Crippen molar-refractivity contribution in [2.75, 3.05) is 0 Å². The Bertz CT molecular complexity index is 784. The van der Waals surface area contributed by atoms with Crippen LogP contribution in [0.15, 0.2) is 47.7 Å². The minimum absolute atomic E-state index is 0.0116. The maximum atomic E-state index is 11.3. The molecule has 3 N–H and O–H groups in total. The van der Waals surface area contributed by atoms with Crippen LogP contribution in [0.4, 0.5) is 0 Å². The zero-order valence-electron chi connectivity index (χ0n) is 17.9. The number of hydrogen-bond donors (Lipinski definition) is 3. The molecule has 1 aromatic carbocycles. The Balaban J connectivity index is 1.42. The number of aromatic nitrogens is 4. The number of aliphatic hydroxyl groups excluding tert-OH is 2. The van der Waals surface area contributed by atoms with Gasteiger partial charge in [-0.05, 0) is 68.8 Å². The highest BCUT2D eigenvalue weighted by atomic mass is 16.3. The zero-order valence-corrected chi connectivity index (χ0v) is 17.9. The molecule has 0 saturated heterocycles. The fourth-order valence-corrected chi connectivity index (χ4v) is 4.57. The highest BCUT2D eigenvalue weighted by Gasteiger charge is 2.42. The number of nitrogens with one attached hydrogen (secondary N) is 1. The van der Waals surface area contributed by atoms with Gasteiger partial charge in [0.25, 0.3) is 0 Å². The van der Waals surface area contributed by atoms with Crippen LogP contribution < -0.4 is 0 Å². The van der Waals surface area contributed by atoms with E-state index in [1.165, 1.54) is 5.56 Å². The molecule has 3 rings (SSSR count). The van der Waals surface area contributed by atoms with Crippen LogP contribution in [0.1, 0.15) is 56.3 Å². The van der Waals surface area contributed by atoms with Crippen molar-refractivity contribution in [2.24, 2.45) is 17.0 Å². The molecule has 2 unspecified atom stereocenters. The maximum absolute atomic E-state index is 11.3. The summed E-state index contributed by atoms with van der Waals surface area (Å²) < 4.78 is 0. The molecular formula is C23H33N5O3. The van der Waals surface area contributed by atoms with Crippen molar-refractivity contribution in [2.45, 2.75) is 76.0 Å². The second-order valence-corrected chi connectivity index (χ2v) is 8.49. The Kier molecular flexibility index (Phi) is 9.30. The third kappa shape index (κ3) is 7.33. The van der Waals surface area contributed by atoms with Crippen molar-refractivity contribution in [3.8, 4) is 0 Å². The number of allylic oxidation sites excluding steroid dienone is 2. The molecule has 0 spiro atoms. The Morgan fingerprint density at radius 2 is 2.00 bits per heavy atom. The summed E-state index contributed by atoms with van der Waals surface area (Å²) in [6.45, 7) is 0. The monoisotopic (exact) mass is 427 g/mol. The molecule has 0 radical (unpaired) electrons. The summed E-state index contributed by atoms with van der Waals surface area (Å²) >= 11 is 0. The van der Waals surface area contributed by atoms with Gasteiger partial charge in [-0.2, -0.15) is 10.1 Å². The predicted molar refractivity (Wildman–Crippen MR) is 118 cm³/mol. The maximum Gasteiger partial charge on any atom is 0.174 e. The normalized spacial score (nSPS) is 24.6. The van der Waals surface area contributed by atoms with E-state index in [2.05, 4.69) is 50.1 Å². The van der Waals surface area contributed by atoms with E-state index in [0.717, 1.165) is 32.1 Å². The molecule has 1 aliphatic rings. The first-order valence-electron chi connectivity index (χ1n) is 11.3. The quantitative estimate of drug-likeness (QED) is 0.256. The molecule has 5 atom stereocenters. The molecule has 1 saturated carbocycles. The van der Waals surface area contributed by atoms with Crippen LogP contribution in [0.2, 0.25) is 0 Å². The van der Waals surface area contributed by atoms with Crippen molar-refractivity contribution in [3.63, 3.8) is 0 Å². The number of aliphatic hydroxyl groups is 2. The minimum atomic E-state index is -0.516. The lowest BCUT2D eigenvalue weighted by atomic mass is 9.85. The molecule has 31 heavy (non-hydrogen) atoms. The van der Waals surface area contributed by atoms with E-state index >= 15 is 0 Å². The number of aryl methyl sites for hydroxylation is 2. The number of tetrazole rings is 1. The van der Waals surface area contributed by atoms with Crippen LogP contribution in [0.5, 0.6) is 0 Å². The molecule has 2 aromatic rings. The van der Waals surface area contributed by atoms with E-state index in [4.69, 9.17) is 0 Å². The van der Waals surface area contributed by atoms with Gasteiger partial charge in [0.1, 0.15) is 0 Å². The van der Waals surface area contributed by atoms with Crippen LogP contribution in [0.25, 0.3) is 0 Å². The molecule has 1 heterocycles. The minimum Gasteiger partial charge on any atom is -0.393 e. The molecule has 1 fully saturated rings. The fraction of sp³-hybridized carbons (Fsp3) is 0.609. The number of nitrogens with zero attached hydrogens (tertiary/aromatic N) is 4. The Morgan fingerprint density at radius 3 is 2.74 bits per heavy atom. The average molecular weight is 428 g/mol. The van der Waals surface area contributed by atoms with Crippen molar-refractivity contribution >= 4 is 0 Å². The van der Waals surface area contributed by atoms with Crippen LogP contribution in [-0.4, -0.2) is 49.1 Å². The largest absolute Gasteiger partial charge is 0.393 e. The second-order valence-electron chi connectivity index (χ2n) is 8.49. The lowest BCUT2D eigenvalue weighted by molar-refractivity contribution is 0.105. The Labute approximate surface area is 183 Å². The van der Waals surface area contributed by atoms with Crippen LogP contribution >= 0.6 is 0 Å². The molecule has 0 bridgehead atoms. The highest BCUT2D eigenvalue weighted by molar-refractivity contribution is 5.14. The first-order chi connectivity index (χ1) is 15.2. The summed E-state index contributed by atoms with van der Waals surface area (Å²) in [7, 11) is 0. The van der Waals surface area contributed by atoms with E-state index in [0.29, 0.717) is 31.5 Å². The topological polar surface area (TPSA) is 124 Å². The van der Waals surface area contributed by atoms with E-state index in [-0.39, 0.29) is 17.9 Å². The number of aromatic amines is 1. The molecule has 1 aliphatic carbocycles. The highest BCUT2D eigenvalue weighted by Crippen LogP contribution is 2.40. The molecule has 168 valence electrons. The van der Waals surface area contributed by atoms with Crippen molar-refractivity contribution in [1.29, 1.82) is 0 Å². The van der Waals surface area contributed by atoms with Crippen molar-refractivity contribution in [1.82, 2.24) is 20.6 Å². The summed E-state index contributed by atoms with van der Waals surface area (Å²) in [6.07, 6.45) is 9.89. The van der Waals surface area contributed by atoms with E-state index < -0.39 is 12.2 Å². The summed E-state index contributed by atoms with van der Waals surface area (Å²) in [5, 5.41) is 38.1. The number of benzene rings is 1. The van der Waals surface area contributed by atoms with Gasteiger partial charge < -0.3 is 10.2 Å². The lowest BCUT2D eigenvalue weighted by Crippen LogP contribution is -2.23. The predicted octanol–water partition coefficient (Wildman–Crippen LogP) is 3.37. The van der Waals surface area contributed by atoms with E-state index in [1.807, 2.05) is 18.2 Å². The van der Waals surface area contributed by atoms with E-state index in [9.17, 15) is 15.1 Å². The average Bonchev–Trinajstić information content (AvgIpc) is 3.41. The van der Waals surface area contributed by atoms with Crippen molar-refractivity contribution in [3.05, 3.63) is 58.8 Å². The van der Waals surface area contributed by atoms with Crippen LogP contribution in [0.3, 0.4) is 0 Å². The standard InChI is InChI=1S/C23H33N5O3/c29-18(13-12-17-8-4-3-5-9-17)14-15-19-20(22(30)16-21(19)26-31)10-6-1-2-7-11-23-24-27-28-25-23/h1,3-6,8-9,18-22,29-30H,2,7,10-16H2,(H,24,25,27,28)/t18?,19-,20-,21?,22+/m1/s1. The number of unbranched alkanes of at least 4 members (excludes halogenated alkanes) is 1. The van der Waals surface area contributed by atoms with Gasteiger partial charge in [0.05, 0.1) is 18.2 Å². The molecule has 1 aromatic heterocycles. The van der Waals surface area contributed by atoms with Crippen molar-refractivity contribution < 1.29 is 10.2 Å². The first kappa shape index (κ1) is 23.2. The fourth-order valence-electron chi connectivity index (χ4n) is 4.57. The summed E-state index contributed by atoms with van der Waals surface area (Å²) in [4.78, 5) is 11.3. The van der Waals surface area contributed by atoms with E-state index in [1.54, 1.807) is 0 Å². The Hall–Kier alpha value is -2.45. The summed E-state index contributed by atoms with van der Waals surface area (Å²) in [6, 6.07) is 9.76. The van der Waals surface area contributed by atoms with Gasteiger partial charge >= 0.3 is 0 Å². The summed E-state index contributed by atoms with van der Waals surface area (Å²) in [5.41, 5.74) is 1.22. The molecule has 8 nitrogen and oxygen atoms in total. The van der Waals surface area contributed by atoms with Gasteiger partial charge in [0, 0.05) is 6.42 Å². The second kappa shape index (κ2) is 12.4. The number of H-pyrrole nitrogens is 1. The van der Waals surface area contributed by atoms with Crippen LogP contribution in [-0.2, 0) is 12.8 Å². The number of hydrogen-bond acceptors (Lipinski definition) is 7. The van der Waals surface area contributed by atoms with Gasteiger partial charge in [-0.25, -0.2) is 0 Å². The molecule has 0 amide bonds. The SMILES string of the molecule is O=NC1C[C@H](O)[C@H](CC=CCCCc2nn[nH]n2)[C@H]1CCC(O)CCc1ccccc1. The van der Waals surface area contributed by atoms with Gasteiger partial charge in [-0.3, -0.25) is 0 Å². The summed E-state index contributed by atoms with van der Waals surface area (Å²) in [5.74, 6) is 0.741. The van der Waals surface area contributed by atoms with Gasteiger partial charge in [-0.1, -0.05) is 52.9 Å². The zero-order chi connectivity index (χ0) is 21.9. The van der Waals surface area contributed by atoms with Gasteiger partial charge in [-0.15, -0.1) is 10.2 Å². The van der Waals surface area contributed by atoms with Crippen LogP contribution in [0, 0.1) is 16.7 Å². The molecular weight excluding hydrogens is 394 g/mol. The molecule has 8 heteroatoms. The Morgan fingerprint density at radius 1 is 1.16 bits per heavy atom. The van der Waals surface area contributed by atoms with Gasteiger partial charge in [0.2, 0.25) is 0 Å². The third-order valence-corrected chi connectivity index (χ3v) is 6.33. The van der Waals surface area contributed by atoms with Gasteiger partial charge in [0.15, 0.2) is 5.82 Å². The number of nitroso groups, excluding NO2 is 1. The lowest BCUT2D eigenvalue weighted by Gasteiger charge is -2.23. The molecule has 0 aliphatic heterocycles. The third-order valence-electron chi connectivity index (χ3n) is 6.33.